The van der Waals surface area contributed by atoms with Crippen LogP contribution in [0.3, 0.4) is 0 Å². The van der Waals surface area contributed by atoms with E-state index in [2.05, 4.69) is 21.2 Å². The summed E-state index contributed by atoms with van der Waals surface area (Å²) in [4.78, 5) is 0. The molecule has 0 aliphatic carbocycles. The van der Waals surface area contributed by atoms with Gasteiger partial charge in [0.25, 0.3) is 0 Å². The third-order valence-electron chi connectivity index (χ3n) is 2.27. The molecule has 1 aromatic carbocycles. The van der Waals surface area contributed by atoms with Crippen LogP contribution in [0.15, 0.2) is 22.7 Å². The van der Waals surface area contributed by atoms with Crippen molar-refractivity contribution in [2.45, 2.75) is 6.04 Å². The molecule has 0 aliphatic heterocycles. The Morgan fingerprint density at radius 3 is 2.94 bits per heavy atom. The molecule has 1 rings (SSSR count). The van der Waals surface area contributed by atoms with Crippen molar-refractivity contribution in [3.8, 4) is 0 Å². The molecule has 0 saturated carbocycles. The van der Waals surface area contributed by atoms with E-state index in [9.17, 15) is 0 Å². The van der Waals surface area contributed by atoms with Crippen LogP contribution in [0.5, 0.6) is 0 Å². The number of hydrogen-bond donors (Lipinski definition) is 2. The molecule has 0 aromatic heterocycles. The number of halogens is 2. The zero-order valence-corrected chi connectivity index (χ0v) is 11.5. The predicted octanol–water partition coefficient (Wildman–Crippen LogP) is 2.34. The molecule has 0 radical (unpaired) electrons. The van der Waals surface area contributed by atoms with Crippen molar-refractivity contribution < 1.29 is 4.74 Å². The average molecular weight is 308 g/mol. The normalized spacial score (nSPS) is 12.8. The monoisotopic (exact) mass is 306 g/mol. The molecule has 90 valence electrons. The Balaban J connectivity index is 2.73. The second kappa shape index (κ2) is 7.25. The van der Waals surface area contributed by atoms with E-state index in [1.807, 2.05) is 18.2 Å². The highest BCUT2D eigenvalue weighted by Gasteiger charge is 2.12. The molecule has 5 heteroatoms. The lowest BCUT2D eigenvalue weighted by atomic mass is 10.1. The third kappa shape index (κ3) is 4.03. The van der Waals surface area contributed by atoms with Crippen LogP contribution in [0, 0.1) is 0 Å². The minimum Gasteiger partial charge on any atom is -0.383 e. The van der Waals surface area contributed by atoms with E-state index in [-0.39, 0.29) is 6.04 Å². The van der Waals surface area contributed by atoms with E-state index in [0.717, 1.165) is 21.6 Å². The Labute approximate surface area is 109 Å². The minimum absolute atomic E-state index is 0.0557. The number of ether oxygens (including phenoxy) is 1. The SMILES string of the molecule is COCCNC(CN)c1cc(Br)ccc1Cl. The van der Waals surface area contributed by atoms with Gasteiger partial charge in [-0.1, -0.05) is 27.5 Å². The summed E-state index contributed by atoms with van der Waals surface area (Å²) in [6.45, 7) is 1.91. The van der Waals surface area contributed by atoms with Crippen molar-refractivity contribution in [1.82, 2.24) is 5.32 Å². The second-order valence-electron chi connectivity index (χ2n) is 3.40. The molecule has 1 unspecified atom stereocenters. The maximum absolute atomic E-state index is 6.13. The van der Waals surface area contributed by atoms with Gasteiger partial charge in [0.15, 0.2) is 0 Å². The number of rotatable bonds is 6. The molecular weight excluding hydrogens is 291 g/mol. The van der Waals surface area contributed by atoms with Crippen LogP contribution >= 0.6 is 27.5 Å². The molecule has 1 aromatic rings. The minimum atomic E-state index is 0.0557. The zero-order valence-electron chi connectivity index (χ0n) is 9.17. The van der Waals surface area contributed by atoms with Gasteiger partial charge in [0, 0.05) is 35.7 Å². The average Bonchev–Trinajstić information content (AvgIpc) is 2.28. The van der Waals surface area contributed by atoms with Crippen molar-refractivity contribution in [2.75, 3.05) is 26.8 Å². The van der Waals surface area contributed by atoms with Crippen LogP contribution in [-0.4, -0.2) is 26.8 Å². The fourth-order valence-electron chi connectivity index (χ4n) is 1.44. The summed E-state index contributed by atoms with van der Waals surface area (Å²) in [5, 5.41) is 4.02. The summed E-state index contributed by atoms with van der Waals surface area (Å²) in [5.41, 5.74) is 6.74. The maximum atomic E-state index is 6.13. The molecule has 3 N–H and O–H groups in total. The highest BCUT2D eigenvalue weighted by Crippen LogP contribution is 2.26. The Bertz CT molecular complexity index is 336. The summed E-state index contributed by atoms with van der Waals surface area (Å²) in [5.74, 6) is 0. The van der Waals surface area contributed by atoms with Gasteiger partial charge in [-0.05, 0) is 23.8 Å². The molecular formula is C11H16BrClN2O. The van der Waals surface area contributed by atoms with Gasteiger partial charge < -0.3 is 15.8 Å². The van der Waals surface area contributed by atoms with Crippen LogP contribution < -0.4 is 11.1 Å². The summed E-state index contributed by atoms with van der Waals surface area (Å²) >= 11 is 9.56. The van der Waals surface area contributed by atoms with Crippen molar-refractivity contribution in [2.24, 2.45) is 5.73 Å². The van der Waals surface area contributed by atoms with Crippen LogP contribution in [0.25, 0.3) is 0 Å². The van der Waals surface area contributed by atoms with Crippen LogP contribution in [-0.2, 0) is 4.74 Å². The second-order valence-corrected chi connectivity index (χ2v) is 4.72. The fourth-order valence-corrected chi connectivity index (χ4v) is 2.07. The van der Waals surface area contributed by atoms with Crippen molar-refractivity contribution in [1.29, 1.82) is 0 Å². The largest absolute Gasteiger partial charge is 0.383 e. The van der Waals surface area contributed by atoms with Gasteiger partial charge in [-0.25, -0.2) is 0 Å². The molecule has 16 heavy (non-hydrogen) atoms. The van der Waals surface area contributed by atoms with E-state index in [1.165, 1.54) is 0 Å². The quantitative estimate of drug-likeness (QED) is 0.793. The van der Waals surface area contributed by atoms with E-state index in [4.69, 9.17) is 22.1 Å². The van der Waals surface area contributed by atoms with Crippen molar-refractivity contribution >= 4 is 27.5 Å². The van der Waals surface area contributed by atoms with Gasteiger partial charge in [0.05, 0.1) is 6.61 Å². The van der Waals surface area contributed by atoms with Gasteiger partial charge >= 0.3 is 0 Å². The first-order valence-corrected chi connectivity index (χ1v) is 6.23. The first-order chi connectivity index (χ1) is 7.69. The van der Waals surface area contributed by atoms with E-state index < -0.39 is 0 Å². The van der Waals surface area contributed by atoms with Crippen molar-refractivity contribution in [3.63, 3.8) is 0 Å². The summed E-state index contributed by atoms with van der Waals surface area (Å²) in [7, 11) is 1.67. The summed E-state index contributed by atoms with van der Waals surface area (Å²) in [6.07, 6.45) is 0. The van der Waals surface area contributed by atoms with Crippen molar-refractivity contribution in [3.05, 3.63) is 33.3 Å². The van der Waals surface area contributed by atoms with E-state index >= 15 is 0 Å². The molecule has 0 saturated heterocycles. The Morgan fingerprint density at radius 2 is 2.31 bits per heavy atom. The van der Waals surface area contributed by atoms with E-state index in [1.54, 1.807) is 7.11 Å². The van der Waals surface area contributed by atoms with Crippen LogP contribution in [0.2, 0.25) is 5.02 Å². The Kier molecular flexibility index (Phi) is 6.31. The lowest BCUT2D eigenvalue weighted by Crippen LogP contribution is -2.30. The topological polar surface area (TPSA) is 47.3 Å². The van der Waals surface area contributed by atoms with Gasteiger partial charge in [-0.2, -0.15) is 0 Å². The highest BCUT2D eigenvalue weighted by molar-refractivity contribution is 9.10. The lowest BCUT2D eigenvalue weighted by Gasteiger charge is -2.18. The highest BCUT2D eigenvalue weighted by atomic mass is 79.9. The molecule has 0 bridgehead atoms. The molecule has 0 fully saturated rings. The molecule has 0 spiro atoms. The van der Waals surface area contributed by atoms with Gasteiger partial charge in [0.2, 0.25) is 0 Å². The van der Waals surface area contributed by atoms with Gasteiger partial charge in [-0.3, -0.25) is 0 Å². The molecule has 0 heterocycles. The summed E-state index contributed by atoms with van der Waals surface area (Å²) < 4.78 is 5.98. The zero-order chi connectivity index (χ0) is 12.0. The summed E-state index contributed by atoms with van der Waals surface area (Å²) in [6, 6.07) is 5.82. The number of nitrogens with one attached hydrogen (secondary N) is 1. The Hall–Kier alpha value is -0.130. The first-order valence-electron chi connectivity index (χ1n) is 5.06. The van der Waals surface area contributed by atoms with Crippen LogP contribution in [0.1, 0.15) is 11.6 Å². The Morgan fingerprint density at radius 1 is 1.56 bits per heavy atom. The van der Waals surface area contributed by atoms with Gasteiger partial charge in [-0.15, -0.1) is 0 Å². The smallest absolute Gasteiger partial charge is 0.0587 e. The molecule has 0 amide bonds. The third-order valence-corrected chi connectivity index (χ3v) is 3.10. The molecule has 1 atom stereocenters. The molecule has 3 nitrogen and oxygen atoms in total. The maximum Gasteiger partial charge on any atom is 0.0587 e. The predicted molar refractivity (Wildman–Crippen MR) is 70.8 cm³/mol. The molecule has 0 aliphatic rings. The van der Waals surface area contributed by atoms with E-state index in [0.29, 0.717) is 13.2 Å². The number of benzene rings is 1. The fraction of sp³-hybridized carbons (Fsp3) is 0.455. The first kappa shape index (κ1) is 13.9. The lowest BCUT2D eigenvalue weighted by molar-refractivity contribution is 0.196. The van der Waals surface area contributed by atoms with Crippen LogP contribution in [0.4, 0.5) is 0 Å². The number of hydrogen-bond acceptors (Lipinski definition) is 3. The number of nitrogens with two attached hydrogens (primary N) is 1. The van der Waals surface area contributed by atoms with Gasteiger partial charge in [0.1, 0.15) is 0 Å². The number of methoxy groups -OCH3 is 1. The standard InChI is InChI=1S/C11H16BrClN2O/c1-16-5-4-15-11(7-14)9-6-8(12)2-3-10(9)13/h2-3,6,11,15H,4-5,7,14H2,1H3.